The highest BCUT2D eigenvalue weighted by atomic mass is 35.5. The first-order valence-corrected chi connectivity index (χ1v) is 13.1. The largest absolute Gasteiger partial charge is 0.353 e. The van der Waals surface area contributed by atoms with Crippen LogP contribution in [0.3, 0.4) is 0 Å². The molecule has 3 N–H and O–H groups in total. The fourth-order valence-corrected chi connectivity index (χ4v) is 5.10. The van der Waals surface area contributed by atoms with E-state index in [2.05, 4.69) is 22.0 Å². The quantitative estimate of drug-likeness (QED) is 0.217. The van der Waals surface area contributed by atoms with Gasteiger partial charge < -0.3 is 16.0 Å². The van der Waals surface area contributed by atoms with Gasteiger partial charge in [0.05, 0.1) is 33.3 Å². The Hall–Kier alpha value is -4.66. The number of allylic oxidation sites excluding steroid dienone is 2. The summed E-state index contributed by atoms with van der Waals surface area (Å²) in [7, 11) is 0. The maximum absolute atomic E-state index is 15.0. The van der Waals surface area contributed by atoms with E-state index >= 15 is 4.39 Å². The number of rotatable bonds is 8. The summed E-state index contributed by atoms with van der Waals surface area (Å²) >= 11 is 6.95. The molecule has 1 heterocycles. The number of nitrogens with one attached hydrogen (secondary N) is 3. The Bertz CT molecular complexity index is 1580. The van der Waals surface area contributed by atoms with Crippen molar-refractivity contribution in [2.75, 3.05) is 16.4 Å². The molecule has 0 aliphatic carbocycles. The number of nitro groups is 1. The third-order valence-electron chi connectivity index (χ3n) is 5.92. The number of amides is 2. The third-order valence-corrected chi connectivity index (χ3v) is 7.19. The highest BCUT2D eigenvalue weighted by Crippen LogP contribution is 2.41. The number of hydrogen-bond donors (Lipinski definition) is 3. The van der Waals surface area contributed by atoms with Gasteiger partial charge in [-0.1, -0.05) is 41.6 Å². The zero-order valence-corrected chi connectivity index (χ0v) is 22.5. The van der Waals surface area contributed by atoms with Crippen LogP contribution in [0.15, 0.2) is 94.7 Å². The van der Waals surface area contributed by atoms with Gasteiger partial charge in [-0.2, -0.15) is 5.26 Å². The van der Waals surface area contributed by atoms with Crippen LogP contribution in [-0.4, -0.2) is 22.5 Å². The van der Waals surface area contributed by atoms with Crippen LogP contribution in [0.2, 0.25) is 5.02 Å². The predicted molar refractivity (Wildman–Crippen MR) is 152 cm³/mol. The van der Waals surface area contributed by atoms with E-state index in [-0.39, 0.29) is 28.1 Å². The SMILES string of the molecule is CC1=C(C(=O)Nc2ccc(Cl)cc2)[C@H](c2ccccc2F)C(C#N)=C(SCC(=O)Nc2ccc([N+](=O)[O-])cc2)N1. The second-order valence-corrected chi connectivity index (χ2v) is 10.00. The Labute approximate surface area is 237 Å². The normalized spacial score (nSPS) is 14.7. The number of anilines is 2. The van der Waals surface area contributed by atoms with Crippen molar-refractivity contribution in [3.63, 3.8) is 0 Å². The summed E-state index contributed by atoms with van der Waals surface area (Å²) < 4.78 is 15.0. The van der Waals surface area contributed by atoms with Crippen molar-refractivity contribution in [1.29, 1.82) is 5.26 Å². The van der Waals surface area contributed by atoms with E-state index < -0.39 is 28.5 Å². The van der Waals surface area contributed by atoms with Crippen LogP contribution in [-0.2, 0) is 9.59 Å². The van der Waals surface area contributed by atoms with Crippen LogP contribution >= 0.6 is 23.4 Å². The molecule has 0 saturated heterocycles. The summed E-state index contributed by atoms with van der Waals surface area (Å²) in [6, 6.07) is 19.8. The molecule has 3 aromatic carbocycles. The van der Waals surface area contributed by atoms with E-state index in [9.17, 15) is 25.0 Å². The zero-order valence-electron chi connectivity index (χ0n) is 20.9. The summed E-state index contributed by atoms with van der Waals surface area (Å²) in [6.45, 7) is 1.64. The number of hydrogen-bond acceptors (Lipinski definition) is 7. The lowest BCUT2D eigenvalue weighted by Crippen LogP contribution is -2.31. The number of non-ortho nitro benzene ring substituents is 1. The molecule has 202 valence electrons. The standard InChI is InChI=1S/C28H21ClFN5O4S/c1-16-25(27(37)34-19-8-6-17(29)7-9-19)26(21-4-2-3-5-23(21)30)22(14-31)28(32-16)40-15-24(36)33-18-10-12-20(13-11-18)35(38)39/h2-13,26,32H,15H2,1H3,(H,33,36)(H,34,37)/t26-/m1/s1. The number of nitro benzene ring substituents is 1. The molecule has 1 aliphatic rings. The number of benzene rings is 3. The number of thioether (sulfide) groups is 1. The molecule has 0 radical (unpaired) electrons. The number of halogens is 2. The van der Waals surface area contributed by atoms with Gasteiger partial charge in [-0.15, -0.1) is 0 Å². The van der Waals surface area contributed by atoms with E-state index in [1.54, 1.807) is 37.3 Å². The Morgan fingerprint density at radius 3 is 2.33 bits per heavy atom. The molecule has 4 rings (SSSR count). The molecule has 0 bridgehead atoms. The summed E-state index contributed by atoms with van der Waals surface area (Å²) in [5.74, 6) is -2.73. The van der Waals surface area contributed by atoms with Gasteiger partial charge in [-0.25, -0.2) is 4.39 Å². The van der Waals surface area contributed by atoms with Gasteiger partial charge in [0.15, 0.2) is 0 Å². The highest BCUT2D eigenvalue weighted by Gasteiger charge is 2.36. The van der Waals surface area contributed by atoms with Crippen LogP contribution < -0.4 is 16.0 Å². The topological polar surface area (TPSA) is 137 Å². The summed E-state index contributed by atoms with van der Waals surface area (Å²) in [5, 5.41) is 30.2. The molecule has 0 fully saturated rings. The highest BCUT2D eigenvalue weighted by molar-refractivity contribution is 8.03. The van der Waals surface area contributed by atoms with Gasteiger partial charge >= 0.3 is 0 Å². The predicted octanol–water partition coefficient (Wildman–Crippen LogP) is 6.09. The van der Waals surface area contributed by atoms with Gasteiger partial charge in [0.1, 0.15) is 5.82 Å². The Kier molecular flexibility index (Phi) is 8.83. The average molecular weight is 578 g/mol. The average Bonchev–Trinajstić information content (AvgIpc) is 2.93. The van der Waals surface area contributed by atoms with Gasteiger partial charge in [0.2, 0.25) is 5.91 Å². The second-order valence-electron chi connectivity index (χ2n) is 8.57. The minimum atomic E-state index is -1.04. The molecule has 3 aromatic rings. The van der Waals surface area contributed by atoms with Crippen LogP contribution in [0, 0.1) is 27.3 Å². The Morgan fingerprint density at radius 1 is 1.07 bits per heavy atom. The van der Waals surface area contributed by atoms with Crippen molar-refractivity contribution in [3.8, 4) is 6.07 Å². The maximum Gasteiger partial charge on any atom is 0.269 e. The van der Waals surface area contributed by atoms with Crippen molar-refractivity contribution >= 4 is 52.2 Å². The zero-order chi connectivity index (χ0) is 28.8. The molecular weight excluding hydrogens is 557 g/mol. The molecule has 2 amide bonds. The van der Waals surface area contributed by atoms with E-state index in [0.29, 0.717) is 27.1 Å². The number of nitriles is 1. The van der Waals surface area contributed by atoms with E-state index in [0.717, 1.165) is 11.8 Å². The van der Waals surface area contributed by atoms with Crippen molar-refractivity contribution in [1.82, 2.24) is 5.32 Å². The number of dihydropyridines is 1. The third kappa shape index (κ3) is 6.48. The first-order valence-electron chi connectivity index (χ1n) is 11.8. The van der Waals surface area contributed by atoms with Crippen molar-refractivity contribution in [3.05, 3.63) is 121 Å². The van der Waals surface area contributed by atoms with Gasteiger partial charge in [-0.3, -0.25) is 19.7 Å². The van der Waals surface area contributed by atoms with Crippen molar-refractivity contribution < 1.29 is 18.9 Å². The van der Waals surface area contributed by atoms with E-state index in [1.807, 2.05) is 0 Å². The summed E-state index contributed by atoms with van der Waals surface area (Å²) in [5.41, 5.74) is 1.46. The van der Waals surface area contributed by atoms with Crippen LogP contribution in [0.5, 0.6) is 0 Å². The number of nitrogens with zero attached hydrogens (tertiary/aromatic N) is 2. The smallest absolute Gasteiger partial charge is 0.269 e. The fourth-order valence-electron chi connectivity index (χ4n) is 4.08. The number of carbonyl (C=O) groups is 2. The molecule has 0 unspecified atom stereocenters. The molecule has 40 heavy (non-hydrogen) atoms. The molecule has 0 aromatic heterocycles. The van der Waals surface area contributed by atoms with Crippen molar-refractivity contribution in [2.24, 2.45) is 0 Å². The van der Waals surface area contributed by atoms with Crippen LogP contribution in [0.4, 0.5) is 21.5 Å². The molecule has 12 heteroatoms. The molecule has 0 saturated carbocycles. The number of carbonyl (C=O) groups excluding carboxylic acids is 2. The lowest BCUT2D eigenvalue weighted by atomic mass is 9.82. The van der Waals surface area contributed by atoms with E-state index in [1.165, 1.54) is 42.5 Å². The Morgan fingerprint density at radius 2 is 1.70 bits per heavy atom. The fraction of sp³-hybridized carbons (Fsp3) is 0.107. The minimum absolute atomic E-state index is 0.0742. The molecule has 1 aliphatic heterocycles. The van der Waals surface area contributed by atoms with Crippen LogP contribution in [0.1, 0.15) is 18.4 Å². The first-order chi connectivity index (χ1) is 19.2. The van der Waals surface area contributed by atoms with Crippen LogP contribution in [0.25, 0.3) is 0 Å². The Balaban J connectivity index is 1.60. The first kappa shape index (κ1) is 28.4. The maximum atomic E-state index is 15.0. The summed E-state index contributed by atoms with van der Waals surface area (Å²) in [4.78, 5) is 36.4. The lowest BCUT2D eigenvalue weighted by Gasteiger charge is -2.30. The lowest BCUT2D eigenvalue weighted by molar-refractivity contribution is -0.384. The molecule has 0 spiro atoms. The minimum Gasteiger partial charge on any atom is -0.353 e. The van der Waals surface area contributed by atoms with Gasteiger partial charge in [0.25, 0.3) is 11.6 Å². The van der Waals surface area contributed by atoms with E-state index in [4.69, 9.17) is 11.6 Å². The van der Waals surface area contributed by atoms with Crippen molar-refractivity contribution in [2.45, 2.75) is 12.8 Å². The second kappa shape index (κ2) is 12.5. The molecule has 1 atom stereocenters. The van der Waals surface area contributed by atoms with Gasteiger partial charge in [-0.05, 0) is 49.4 Å². The molecule has 9 nitrogen and oxygen atoms in total. The summed E-state index contributed by atoms with van der Waals surface area (Å²) in [6.07, 6.45) is 0. The van der Waals surface area contributed by atoms with Gasteiger partial charge in [0, 0.05) is 45.4 Å². The monoisotopic (exact) mass is 577 g/mol. The molecular formula is C28H21ClFN5O4S.